The van der Waals surface area contributed by atoms with Gasteiger partial charge in [0.15, 0.2) is 5.89 Å². The van der Waals surface area contributed by atoms with Crippen LogP contribution in [-0.4, -0.2) is 78.9 Å². The number of pyridine rings is 1. The topological polar surface area (TPSA) is 225 Å². The number of amides is 3. The van der Waals surface area contributed by atoms with E-state index in [0.717, 1.165) is 28.0 Å². The first kappa shape index (κ1) is 40.2. The lowest BCUT2D eigenvalue weighted by Crippen LogP contribution is -2.17. The summed E-state index contributed by atoms with van der Waals surface area (Å²) in [4.78, 5) is 52.5. The number of nitrogens with one attached hydrogen (secondary N) is 2. The Balaban J connectivity index is 1.33. The van der Waals surface area contributed by atoms with Crippen molar-refractivity contribution < 1.29 is 28.3 Å². The number of benzene rings is 2. The second kappa shape index (κ2) is 16.8. The molecule has 3 amide bonds. The number of imidazole rings is 1. The second-order valence-electron chi connectivity index (χ2n) is 14.0. The van der Waals surface area contributed by atoms with Crippen molar-refractivity contribution in [3.8, 4) is 22.8 Å². The molecule has 5 aromatic heterocycles. The van der Waals surface area contributed by atoms with Gasteiger partial charge in [-0.15, -0.1) is 0 Å². The van der Waals surface area contributed by atoms with Gasteiger partial charge in [0.1, 0.15) is 17.0 Å². The van der Waals surface area contributed by atoms with Gasteiger partial charge in [0, 0.05) is 54.8 Å². The molecule has 0 spiro atoms. The Morgan fingerprint density at radius 1 is 0.915 bits per heavy atom. The molecule has 0 unspecified atom stereocenters. The molecule has 59 heavy (non-hydrogen) atoms. The fourth-order valence-electron chi connectivity index (χ4n) is 7.29. The zero-order valence-corrected chi connectivity index (χ0v) is 33.9. The van der Waals surface area contributed by atoms with Crippen LogP contribution < -0.4 is 31.6 Å². The maximum absolute atomic E-state index is 13.7. The van der Waals surface area contributed by atoms with E-state index in [9.17, 15) is 14.4 Å². The summed E-state index contributed by atoms with van der Waals surface area (Å²) in [5.41, 5.74) is 18.3. The Morgan fingerprint density at radius 2 is 1.64 bits per heavy atom. The fourth-order valence-corrected chi connectivity index (χ4v) is 7.29. The van der Waals surface area contributed by atoms with E-state index < -0.39 is 17.7 Å². The summed E-state index contributed by atoms with van der Waals surface area (Å²) >= 11 is 0. The zero-order chi connectivity index (χ0) is 42.0. The first-order valence-electron chi connectivity index (χ1n) is 19.3. The minimum absolute atomic E-state index is 0.0884. The molecule has 2 aromatic carbocycles. The molecule has 0 aliphatic carbocycles. The molecule has 0 atom stereocenters. The maximum Gasteiger partial charge on any atom is 0.295 e. The van der Waals surface area contributed by atoms with Crippen LogP contribution in [0.4, 0.5) is 5.95 Å². The van der Waals surface area contributed by atoms with Gasteiger partial charge in [0.25, 0.3) is 5.91 Å². The van der Waals surface area contributed by atoms with Crippen LogP contribution in [-0.2, 0) is 26.1 Å². The Morgan fingerprint density at radius 3 is 2.34 bits per heavy atom. The third-order valence-corrected chi connectivity index (χ3v) is 9.99. The van der Waals surface area contributed by atoms with Gasteiger partial charge in [-0.3, -0.25) is 29.4 Å². The van der Waals surface area contributed by atoms with E-state index in [-0.39, 0.29) is 23.8 Å². The number of hydrogen-bond acceptors (Lipinski definition) is 11. The Bertz CT molecular complexity index is 2770. The van der Waals surface area contributed by atoms with E-state index >= 15 is 0 Å². The molecule has 0 saturated carbocycles. The number of carbonyl (C=O) groups excluding carboxylic acids is 3. The molecule has 17 nitrogen and oxygen atoms in total. The average molecular weight is 802 g/mol. The smallest absolute Gasteiger partial charge is 0.295 e. The highest BCUT2D eigenvalue weighted by atomic mass is 16.5. The minimum Gasteiger partial charge on any atom is -0.495 e. The van der Waals surface area contributed by atoms with Gasteiger partial charge in [-0.25, -0.2) is 9.97 Å². The highest BCUT2D eigenvalue weighted by Gasteiger charge is 2.24. The maximum atomic E-state index is 13.7. The molecule has 0 bridgehead atoms. The van der Waals surface area contributed by atoms with E-state index in [1.165, 1.54) is 0 Å². The Kier molecular flexibility index (Phi) is 11.5. The van der Waals surface area contributed by atoms with E-state index in [0.29, 0.717) is 89.7 Å². The number of aryl methyl sites for hydroxylation is 4. The normalized spacial score (nSPS) is 11.7. The van der Waals surface area contributed by atoms with Crippen molar-refractivity contribution in [3.63, 3.8) is 0 Å². The number of allylic oxidation sites excluding steroid dienone is 2. The second-order valence-corrected chi connectivity index (χ2v) is 14.0. The molecule has 0 saturated heterocycles. The van der Waals surface area contributed by atoms with Crippen LogP contribution in [0.2, 0.25) is 0 Å². The van der Waals surface area contributed by atoms with Crippen LogP contribution in [0.1, 0.15) is 68.8 Å². The predicted octanol–water partition coefficient (Wildman–Crippen LogP) is 5.29. The molecule has 7 rings (SSSR count). The third kappa shape index (κ3) is 7.83. The average Bonchev–Trinajstić information content (AvgIpc) is 3.98. The largest absolute Gasteiger partial charge is 0.495 e. The zero-order valence-electron chi connectivity index (χ0n) is 33.9. The van der Waals surface area contributed by atoms with Crippen LogP contribution in [0.25, 0.3) is 44.2 Å². The number of hydrogen-bond donors (Lipinski definition) is 4. The molecular formula is C42H47N11O6. The van der Waals surface area contributed by atoms with Gasteiger partial charge in [-0.05, 0) is 76.7 Å². The van der Waals surface area contributed by atoms with Crippen LogP contribution in [0.15, 0.2) is 59.2 Å². The van der Waals surface area contributed by atoms with Crippen LogP contribution >= 0.6 is 0 Å². The van der Waals surface area contributed by atoms with Gasteiger partial charge in [-0.2, -0.15) is 5.10 Å². The SMILES string of the molecule is CCc1nc(C)oc1C(=O)Nc1nc2cc(C(N)=O)cc(OCCCNC)c2n1C/C=C/Cn1c2cc(-c3cc(C)nn3CC)cnc2c2cc(C(N)=O)cc(OC)c21. The summed E-state index contributed by atoms with van der Waals surface area (Å²) in [6.45, 7) is 9.88. The molecule has 0 fully saturated rings. The monoisotopic (exact) mass is 801 g/mol. The number of nitrogens with two attached hydrogens (primary N) is 2. The highest BCUT2D eigenvalue weighted by Crippen LogP contribution is 2.37. The van der Waals surface area contributed by atoms with Crippen molar-refractivity contribution >= 4 is 56.6 Å². The van der Waals surface area contributed by atoms with Crippen LogP contribution in [0, 0.1) is 13.8 Å². The molecule has 0 aliphatic heterocycles. The van der Waals surface area contributed by atoms with E-state index in [1.807, 2.05) is 50.7 Å². The van der Waals surface area contributed by atoms with Crippen molar-refractivity contribution in [2.24, 2.45) is 11.5 Å². The fraction of sp³-hybridized carbons (Fsp3) is 0.310. The Hall–Kier alpha value is -7.01. The van der Waals surface area contributed by atoms with E-state index in [2.05, 4.69) is 31.3 Å². The van der Waals surface area contributed by atoms with Crippen molar-refractivity contribution in [1.29, 1.82) is 0 Å². The number of anilines is 1. The number of aromatic nitrogens is 7. The Labute approximate surface area is 339 Å². The lowest BCUT2D eigenvalue weighted by atomic mass is 10.1. The van der Waals surface area contributed by atoms with Gasteiger partial charge in [0.2, 0.25) is 23.5 Å². The first-order chi connectivity index (χ1) is 28.5. The van der Waals surface area contributed by atoms with Crippen molar-refractivity contribution in [2.75, 3.05) is 32.6 Å². The van der Waals surface area contributed by atoms with Crippen LogP contribution in [0.3, 0.4) is 0 Å². The van der Waals surface area contributed by atoms with Gasteiger partial charge >= 0.3 is 0 Å². The van der Waals surface area contributed by atoms with Gasteiger partial charge in [0.05, 0.1) is 52.9 Å². The number of carbonyl (C=O) groups is 3. The minimum atomic E-state index is -0.645. The summed E-state index contributed by atoms with van der Waals surface area (Å²) in [6, 6.07) is 10.6. The number of primary amides is 2. The predicted molar refractivity (Wildman–Crippen MR) is 224 cm³/mol. The van der Waals surface area contributed by atoms with Crippen molar-refractivity contribution in [1.82, 2.24) is 39.2 Å². The number of methoxy groups -OCH3 is 1. The summed E-state index contributed by atoms with van der Waals surface area (Å²) in [5.74, 6) is -0.254. The highest BCUT2D eigenvalue weighted by molar-refractivity contribution is 6.11. The number of nitrogens with zero attached hydrogens (tertiary/aromatic N) is 7. The molecule has 7 aromatic rings. The van der Waals surface area contributed by atoms with Gasteiger partial charge in [-0.1, -0.05) is 19.1 Å². The summed E-state index contributed by atoms with van der Waals surface area (Å²) in [6.07, 6.45) is 6.91. The van der Waals surface area contributed by atoms with E-state index in [1.54, 1.807) is 49.1 Å². The number of rotatable bonds is 17. The van der Waals surface area contributed by atoms with Crippen molar-refractivity contribution in [2.45, 2.75) is 60.2 Å². The third-order valence-electron chi connectivity index (χ3n) is 9.99. The van der Waals surface area contributed by atoms with Crippen LogP contribution in [0.5, 0.6) is 11.5 Å². The molecule has 5 heterocycles. The molecule has 0 radical (unpaired) electrons. The summed E-state index contributed by atoms with van der Waals surface area (Å²) < 4.78 is 23.6. The molecule has 0 aliphatic rings. The van der Waals surface area contributed by atoms with Crippen molar-refractivity contribution in [3.05, 3.63) is 88.9 Å². The summed E-state index contributed by atoms with van der Waals surface area (Å²) in [7, 11) is 3.40. The number of fused-ring (bicyclic) bond motifs is 4. The summed E-state index contributed by atoms with van der Waals surface area (Å²) in [5, 5.41) is 11.4. The standard InChI is InChI=1S/C42H47N11O6/c1-7-29-38(59-24(4)47-29)41(56)49-42-48-30-18-26(40(44)55)21-34(58-15-11-12-45-5)37(30)52(42)14-10-9-13-51-32-19-27(31-16-23(3)50-53(31)8-2)22-46-35(32)28-17-25(39(43)54)20-33(57-6)36(28)51/h9-10,16-22,45H,7-8,11-15H2,1-6H3,(H2,43,54)(H2,44,55)(H,48,49,56)/b10-9+. The quantitative estimate of drug-likeness (QED) is 0.0683. The van der Waals surface area contributed by atoms with Gasteiger partial charge < -0.3 is 39.8 Å². The lowest BCUT2D eigenvalue weighted by Gasteiger charge is -2.13. The first-order valence-corrected chi connectivity index (χ1v) is 19.3. The lowest BCUT2D eigenvalue weighted by molar-refractivity contribution is 0.0987. The molecule has 306 valence electrons. The van der Waals surface area contributed by atoms with E-state index in [4.69, 9.17) is 35.3 Å². The molecule has 6 N–H and O–H groups in total. The number of ether oxygens (including phenoxy) is 2. The number of oxazole rings is 1. The molecular weight excluding hydrogens is 755 g/mol. The molecule has 17 heteroatoms.